The first kappa shape index (κ1) is 21.8. The van der Waals surface area contributed by atoms with E-state index < -0.39 is 18.1 Å². The Kier molecular flexibility index (Phi) is 8.51. The number of esters is 1. The summed E-state index contributed by atoms with van der Waals surface area (Å²) in [5.74, 6) is -0.541. The molecule has 6 nitrogen and oxygen atoms in total. The third-order valence-electron chi connectivity index (χ3n) is 4.23. The van der Waals surface area contributed by atoms with Crippen LogP contribution in [-0.2, 0) is 20.8 Å². The highest BCUT2D eigenvalue weighted by Gasteiger charge is 2.28. The van der Waals surface area contributed by atoms with Gasteiger partial charge in [-0.3, -0.25) is 0 Å². The Bertz CT molecular complexity index is 848. The number of rotatable bonds is 9. The molecule has 2 aromatic rings. The Hall–Kier alpha value is -3.54. The van der Waals surface area contributed by atoms with Crippen LogP contribution in [0.1, 0.15) is 24.1 Å². The molecule has 0 aliphatic carbocycles. The van der Waals surface area contributed by atoms with E-state index >= 15 is 0 Å². The largest absolute Gasteiger partial charge is 0.466 e. The van der Waals surface area contributed by atoms with E-state index in [1.54, 1.807) is 6.92 Å². The molecule has 0 aromatic heterocycles. The van der Waals surface area contributed by atoms with E-state index in [0.717, 1.165) is 11.1 Å². The average molecular weight is 394 g/mol. The molecule has 2 N–H and O–H groups in total. The number of nitrogens with one attached hydrogen (secondary N) is 2. The van der Waals surface area contributed by atoms with Crippen LogP contribution >= 0.6 is 0 Å². The van der Waals surface area contributed by atoms with Crippen LogP contribution in [0.5, 0.6) is 0 Å². The summed E-state index contributed by atoms with van der Waals surface area (Å²) in [6.07, 6.45) is 0.817. The number of hydrogen-bond acceptors (Lipinski definition) is 5. The molecule has 0 bridgehead atoms. The molecular weight excluding hydrogens is 368 g/mol. The normalized spacial score (nSPS) is 12.2. The van der Waals surface area contributed by atoms with Crippen LogP contribution in [-0.4, -0.2) is 25.8 Å². The minimum absolute atomic E-state index is 0.0653. The fraction of sp³-hybridized carbons (Fsp3) is 0.217. The van der Waals surface area contributed by atoms with E-state index in [0.29, 0.717) is 17.8 Å². The van der Waals surface area contributed by atoms with Gasteiger partial charge in [0, 0.05) is 12.2 Å². The minimum Gasteiger partial charge on any atom is -0.466 e. The van der Waals surface area contributed by atoms with Gasteiger partial charge in [-0.15, -0.1) is 0 Å². The second-order valence-electron chi connectivity index (χ2n) is 6.24. The zero-order valence-corrected chi connectivity index (χ0v) is 16.7. The molecule has 29 heavy (non-hydrogen) atoms. The smallest absolute Gasteiger partial charge is 0.408 e. The maximum Gasteiger partial charge on any atom is 0.408 e. The van der Waals surface area contributed by atoms with Crippen LogP contribution in [0.3, 0.4) is 0 Å². The lowest BCUT2D eigenvalue weighted by Crippen LogP contribution is -2.34. The maximum absolute atomic E-state index is 12.6. The standard InChI is InChI=1S/C23H26N2O4/c1-4-15-29-23(27)25-21(19-13-9-6-10-14-19)20(22(26)28-3)17(2)24-16-18-11-7-5-8-12-18/h4-14,21,24H,1,15-16H2,2-3H3,(H,25,27)/b20-17-/t21-/m0/s1. The van der Waals surface area contributed by atoms with Crippen molar-refractivity contribution in [2.45, 2.75) is 19.5 Å². The lowest BCUT2D eigenvalue weighted by atomic mass is 9.97. The van der Waals surface area contributed by atoms with Gasteiger partial charge >= 0.3 is 12.1 Å². The van der Waals surface area contributed by atoms with Crippen LogP contribution in [0.15, 0.2) is 84.6 Å². The number of methoxy groups -OCH3 is 1. The summed E-state index contributed by atoms with van der Waals surface area (Å²) in [5, 5.41) is 6.01. The summed E-state index contributed by atoms with van der Waals surface area (Å²) >= 11 is 0. The molecule has 1 atom stereocenters. The van der Waals surface area contributed by atoms with Crippen molar-refractivity contribution in [3.8, 4) is 0 Å². The van der Waals surface area contributed by atoms with Gasteiger partial charge in [-0.05, 0) is 18.1 Å². The van der Waals surface area contributed by atoms with Gasteiger partial charge in [0.1, 0.15) is 6.61 Å². The van der Waals surface area contributed by atoms with Crippen molar-refractivity contribution in [3.05, 3.63) is 95.7 Å². The van der Waals surface area contributed by atoms with Gasteiger partial charge in [-0.1, -0.05) is 73.3 Å². The molecule has 0 heterocycles. The van der Waals surface area contributed by atoms with Crippen LogP contribution in [0.25, 0.3) is 0 Å². The Labute approximate surface area is 171 Å². The quantitative estimate of drug-likeness (QED) is 0.383. The van der Waals surface area contributed by atoms with Gasteiger partial charge in [0.15, 0.2) is 0 Å². The van der Waals surface area contributed by atoms with Crippen LogP contribution in [0.2, 0.25) is 0 Å². The summed E-state index contributed by atoms with van der Waals surface area (Å²) in [6.45, 7) is 5.90. The van der Waals surface area contributed by atoms with E-state index in [1.807, 2.05) is 60.7 Å². The summed E-state index contributed by atoms with van der Waals surface area (Å²) in [7, 11) is 1.31. The molecule has 0 spiro atoms. The molecule has 0 aliphatic heterocycles. The Balaban J connectivity index is 2.37. The second-order valence-corrected chi connectivity index (χ2v) is 6.24. The third-order valence-corrected chi connectivity index (χ3v) is 4.23. The van der Waals surface area contributed by atoms with E-state index in [2.05, 4.69) is 17.2 Å². The number of carbonyl (C=O) groups excluding carboxylic acids is 2. The third kappa shape index (κ3) is 6.53. The molecule has 0 saturated heterocycles. The molecule has 2 rings (SSSR count). The topological polar surface area (TPSA) is 76.7 Å². The number of allylic oxidation sites excluding steroid dienone is 1. The zero-order chi connectivity index (χ0) is 21.1. The molecule has 1 amide bonds. The minimum atomic E-state index is -0.746. The fourth-order valence-electron chi connectivity index (χ4n) is 2.78. The predicted molar refractivity (Wildman–Crippen MR) is 112 cm³/mol. The number of alkyl carbamates (subject to hydrolysis) is 1. The first-order chi connectivity index (χ1) is 14.1. The first-order valence-electron chi connectivity index (χ1n) is 9.22. The second kappa shape index (κ2) is 11.3. The zero-order valence-electron chi connectivity index (χ0n) is 16.7. The summed E-state index contributed by atoms with van der Waals surface area (Å²) in [4.78, 5) is 24.9. The van der Waals surface area contributed by atoms with E-state index in [4.69, 9.17) is 9.47 Å². The fourth-order valence-corrected chi connectivity index (χ4v) is 2.78. The average Bonchev–Trinajstić information content (AvgIpc) is 2.76. The number of amides is 1. The summed E-state index contributed by atoms with van der Waals surface area (Å²) < 4.78 is 10.1. The highest BCUT2D eigenvalue weighted by atomic mass is 16.5. The van der Waals surface area contributed by atoms with Gasteiger partial charge in [0.2, 0.25) is 0 Å². The lowest BCUT2D eigenvalue weighted by Gasteiger charge is -2.23. The van der Waals surface area contributed by atoms with Crippen LogP contribution in [0.4, 0.5) is 4.79 Å². The monoisotopic (exact) mass is 394 g/mol. The highest BCUT2D eigenvalue weighted by molar-refractivity contribution is 5.91. The van der Waals surface area contributed by atoms with Gasteiger partial charge in [0.05, 0.1) is 18.7 Å². The van der Waals surface area contributed by atoms with Crippen molar-refractivity contribution in [1.82, 2.24) is 10.6 Å². The van der Waals surface area contributed by atoms with Crippen molar-refractivity contribution in [2.24, 2.45) is 0 Å². The number of benzene rings is 2. The van der Waals surface area contributed by atoms with Gasteiger partial charge in [0.25, 0.3) is 0 Å². The Morgan fingerprint density at radius 2 is 1.69 bits per heavy atom. The van der Waals surface area contributed by atoms with Crippen molar-refractivity contribution < 1.29 is 19.1 Å². The number of carbonyl (C=O) groups is 2. The van der Waals surface area contributed by atoms with Crippen molar-refractivity contribution in [2.75, 3.05) is 13.7 Å². The Morgan fingerprint density at radius 1 is 1.07 bits per heavy atom. The van der Waals surface area contributed by atoms with Crippen LogP contribution < -0.4 is 10.6 Å². The van der Waals surface area contributed by atoms with E-state index in [9.17, 15) is 9.59 Å². The molecule has 0 saturated carbocycles. The molecule has 152 valence electrons. The van der Waals surface area contributed by atoms with E-state index in [-0.39, 0.29) is 6.61 Å². The molecule has 0 aliphatic rings. The molecule has 0 unspecified atom stereocenters. The molecule has 0 radical (unpaired) electrons. The molecular formula is C23H26N2O4. The van der Waals surface area contributed by atoms with Crippen molar-refractivity contribution in [1.29, 1.82) is 0 Å². The molecule has 2 aromatic carbocycles. The van der Waals surface area contributed by atoms with Gasteiger partial charge in [-0.2, -0.15) is 0 Å². The van der Waals surface area contributed by atoms with Gasteiger partial charge < -0.3 is 20.1 Å². The highest BCUT2D eigenvalue weighted by Crippen LogP contribution is 2.25. The van der Waals surface area contributed by atoms with Crippen molar-refractivity contribution >= 4 is 12.1 Å². The summed E-state index contributed by atoms with van der Waals surface area (Å²) in [6, 6.07) is 18.2. The van der Waals surface area contributed by atoms with E-state index in [1.165, 1.54) is 13.2 Å². The van der Waals surface area contributed by atoms with Crippen molar-refractivity contribution in [3.63, 3.8) is 0 Å². The molecule has 6 heteroatoms. The maximum atomic E-state index is 12.6. The summed E-state index contributed by atoms with van der Waals surface area (Å²) in [5.41, 5.74) is 2.68. The molecule has 0 fully saturated rings. The number of hydrogen-bond donors (Lipinski definition) is 2. The van der Waals surface area contributed by atoms with Crippen LogP contribution in [0, 0.1) is 0 Å². The first-order valence-corrected chi connectivity index (χ1v) is 9.22. The number of ether oxygens (including phenoxy) is 2. The lowest BCUT2D eigenvalue weighted by molar-refractivity contribution is -0.136. The Morgan fingerprint density at radius 3 is 2.28 bits per heavy atom. The van der Waals surface area contributed by atoms with Gasteiger partial charge in [-0.25, -0.2) is 9.59 Å². The SMILES string of the molecule is C=CCOC(=O)N[C@H](/C(C(=O)OC)=C(\C)NCc1ccccc1)c1ccccc1. The predicted octanol–water partition coefficient (Wildman–Crippen LogP) is 3.88.